The smallest absolute Gasteiger partial charge is 0.311 e. The standard InChI is InChI=1S/C13H10BrNO3/c14-9-10-6-7-13(12(8-10)15(16)17)18-11-4-2-1-3-5-11/h1-8H,9H2. The number of hydrogen-bond acceptors (Lipinski definition) is 3. The molecule has 0 heterocycles. The number of nitro benzene ring substituents is 1. The molecule has 0 atom stereocenters. The second-order valence-electron chi connectivity index (χ2n) is 3.61. The Morgan fingerprint density at radius 3 is 2.50 bits per heavy atom. The van der Waals surface area contributed by atoms with Crippen LogP contribution in [0.3, 0.4) is 0 Å². The number of nitro groups is 1. The van der Waals surface area contributed by atoms with Crippen molar-refractivity contribution in [3.05, 3.63) is 64.2 Å². The fraction of sp³-hybridized carbons (Fsp3) is 0.0769. The zero-order valence-corrected chi connectivity index (χ0v) is 11.0. The van der Waals surface area contributed by atoms with E-state index in [0.717, 1.165) is 5.56 Å². The van der Waals surface area contributed by atoms with Crippen molar-refractivity contribution >= 4 is 21.6 Å². The average molecular weight is 308 g/mol. The lowest BCUT2D eigenvalue weighted by molar-refractivity contribution is -0.385. The number of para-hydroxylation sites is 1. The first-order chi connectivity index (χ1) is 8.70. The maximum absolute atomic E-state index is 11.0. The highest BCUT2D eigenvalue weighted by atomic mass is 79.9. The summed E-state index contributed by atoms with van der Waals surface area (Å²) in [5.74, 6) is 0.822. The maximum atomic E-state index is 11.0. The van der Waals surface area contributed by atoms with E-state index in [-0.39, 0.29) is 11.4 Å². The molecule has 0 aromatic heterocycles. The number of ether oxygens (including phenoxy) is 1. The van der Waals surface area contributed by atoms with Crippen LogP contribution in [-0.2, 0) is 5.33 Å². The van der Waals surface area contributed by atoms with Gasteiger partial charge in [-0.15, -0.1) is 0 Å². The van der Waals surface area contributed by atoms with Crippen LogP contribution in [0.1, 0.15) is 5.56 Å². The predicted octanol–water partition coefficient (Wildman–Crippen LogP) is 4.28. The van der Waals surface area contributed by atoms with Crippen molar-refractivity contribution in [2.24, 2.45) is 0 Å². The van der Waals surface area contributed by atoms with Gasteiger partial charge in [0.1, 0.15) is 5.75 Å². The van der Waals surface area contributed by atoms with Crippen LogP contribution in [-0.4, -0.2) is 4.92 Å². The second-order valence-corrected chi connectivity index (χ2v) is 4.17. The van der Waals surface area contributed by atoms with Gasteiger partial charge in [-0.1, -0.05) is 40.2 Å². The molecule has 0 saturated carbocycles. The first-order valence-corrected chi connectivity index (χ1v) is 6.39. The second kappa shape index (κ2) is 5.64. The molecule has 2 rings (SSSR count). The van der Waals surface area contributed by atoms with Crippen LogP contribution in [0.15, 0.2) is 48.5 Å². The Morgan fingerprint density at radius 2 is 1.89 bits per heavy atom. The van der Waals surface area contributed by atoms with E-state index in [1.807, 2.05) is 18.2 Å². The summed E-state index contributed by atoms with van der Waals surface area (Å²) in [6.45, 7) is 0. The number of alkyl halides is 1. The van der Waals surface area contributed by atoms with E-state index in [1.54, 1.807) is 24.3 Å². The van der Waals surface area contributed by atoms with E-state index in [9.17, 15) is 10.1 Å². The van der Waals surface area contributed by atoms with Crippen LogP contribution in [0, 0.1) is 10.1 Å². The van der Waals surface area contributed by atoms with E-state index in [1.165, 1.54) is 6.07 Å². The minimum atomic E-state index is -0.440. The van der Waals surface area contributed by atoms with Gasteiger partial charge < -0.3 is 4.74 Å². The van der Waals surface area contributed by atoms with E-state index in [0.29, 0.717) is 11.1 Å². The molecule has 0 spiro atoms. The normalized spacial score (nSPS) is 10.1. The molecule has 2 aromatic rings. The Hall–Kier alpha value is -1.88. The fourth-order valence-electron chi connectivity index (χ4n) is 1.49. The minimum absolute atomic E-state index is 0.0317. The van der Waals surface area contributed by atoms with Gasteiger partial charge in [0.15, 0.2) is 0 Å². The SMILES string of the molecule is O=[N+]([O-])c1cc(CBr)ccc1Oc1ccccc1. The van der Waals surface area contributed by atoms with Crippen molar-refractivity contribution in [2.75, 3.05) is 0 Å². The summed E-state index contributed by atoms with van der Waals surface area (Å²) in [6, 6.07) is 13.9. The first-order valence-electron chi connectivity index (χ1n) is 5.27. The minimum Gasteiger partial charge on any atom is -0.450 e. The fourth-order valence-corrected chi connectivity index (χ4v) is 1.84. The van der Waals surface area contributed by atoms with Gasteiger partial charge in [-0.25, -0.2) is 0 Å². The van der Waals surface area contributed by atoms with Crippen molar-refractivity contribution in [3.63, 3.8) is 0 Å². The first kappa shape index (κ1) is 12.6. The zero-order valence-electron chi connectivity index (χ0n) is 9.38. The highest BCUT2D eigenvalue weighted by Gasteiger charge is 2.16. The lowest BCUT2D eigenvalue weighted by atomic mass is 10.2. The summed E-state index contributed by atoms with van der Waals surface area (Å²) in [4.78, 5) is 10.6. The topological polar surface area (TPSA) is 52.4 Å². The monoisotopic (exact) mass is 307 g/mol. The van der Waals surface area contributed by atoms with E-state index in [2.05, 4.69) is 15.9 Å². The highest BCUT2D eigenvalue weighted by molar-refractivity contribution is 9.08. The summed E-state index contributed by atoms with van der Waals surface area (Å²) >= 11 is 3.27. The quantitative estimate of drug-likeness (QED) is 0.481. The van der Waals surface area contributed by atoms with Crippen LogP contribution >= 0.6 is 15.9 Å². The number of nitrogens with zero attached hydrogens (tertiary/aromatic N) is 1. The molecule has 4 nitrogen and oxygen atoms in total. The summed E-state index contributed by atoms with van der Waals surface area (Å²) in [6.07, 6.45) is 0. The van der Waals surface area contributed by atoms with Crippen LogP contribution in [0.2, 0.25) is 0 Å². The molecular formula is C13H10BrNO3. The Balaban J connectivity index is 2.35. The van der Waals surface area contributed by atoms with Crippen LogP contribution in [0.25, 0.3) is 0 Å². The summed E-state index contributed by atoms with van der Waals surface area (Å²) in [5.41, 5.74) is 0.804. The third-order valence-corrected chi connectivity index (χ3v) is 2.99. The molecule has 0 amide bonds. The molecule has 0 aliphatic carbocycles. The van der Waals surface area contributed by atoms with Gasteiger partial charge in [-0.2, -0.15) is 0 Å². The van der Waals surface area contributed by atoms with E-state index >= 15 is 0 Å². The van der Waals surface area contributed by atoms with Gasteiger partial charge in [-0.3, -0.25) is 10.1 Å². The van der Waals surface area contributed by atoms with Crippen molar-refractivity contribution in [3.8, 4) is 11.5 Å². The van der Waals surface area contributed by atoms with Crippen LogP contribution < -0.4 is 4.74 Å². The number of hydrogen-bond donors (Lipinski definition) is 0. The zero-order chi connectivity index (χ0) is 13.0. The molecule has 5 heteroatoms. The van der Waals surface area contributed by atoms with Gasteiger partial charge in [0.25, 0.3) is 0 Å². The molecule has 0 bridgehead atoms. The molecule has 0 unspecified atom stereocenters. The third kappa shape index (κ3) is 2.87. The number of rotatable bonds is 4. The van der Waals surface area contributed by atoms with Gasteiger partial charge in [0.2, 0.25) is 5.75 Å². The van der Waals surface area contributed by atoms with Crippen LogP contribution in [0.4, 0.5) is 5.69 Å². The Bertz CT molecular complexity index is 557. The van der Waals surface area contributed by atoms with Gasteiger partial charge in [0.05, 0.1) is 4.92 Å². The molecule has 92 valence electrons. The van der Waals surface area contributed by atoms with Crippen molar-refractivity contribution < 1.29 is 9.66 Å². The lowest BCUT2D eigenvalue weighted by Gasteiger charge is -2.06. The third-order valence-electron chi connectivity index (χ3n) is 2.35. The summed E-state index contributed by atoms with van der Waals surface area (Å²) < 4.78 is 5.51. The van der Waals surface area contributed by atoms with Gasteiger partial charge in [0, 0.05) is 11.4 Å². The molecule has 0 aliphatic rings. The van der Waals surface area contributed by atoms with Crippen molar-refractivity contribution in [2.45, 2.75) is 5.33 Å². The molecule has 0 radical (unpaired) electrons. The maximum Gasteiger partial charge on any atom is 0.311 e. The van der Waals surface area contributed by atoms with Crippen LogP contribution in [0.5, 0.6) is 11.5 Å². The molecule has 0 saturated heterocycles. The Labute approximate surface area is 112 Å². The lowest BCUT2D eigenvalue weighted by Crippen LogP contribution is -1.94. The highest BCUT2D eigenvalue weighted by Crippen LogP contribution is 2.32. The Morgan fingerprint density at radius 1 is 1.17 bits per heavy atom. The summed E-state index contributed by atoms with van der Waals surface area (Å²) in [7, 11) is 0. The Kier molecular flexibility index (Phi) is 3.94. The van der Waals surface area contributed by atoms with E-state index in [4.69, 9.17) is 4.74 Å². The molecule has 2 aromatic carbocycles. The molecule has 0 aliphatic heterocycles. The van der Waals surface area contributed by atoms with Crippen molar-refractivity contribution in [1.82, 2.24) is 0 Å². The summed E-state index contributed by atoms with van der Waals surface area (Å²) in [5, 5.41) is 11.6. The van der Waals surface area contributed by atoms with Gasteiger partial charge in [-0.05, 0) is 23.8 Å². The molecule has 18 heavy (non-hydrogen) atoms. The van der Waals surface area contributed by atoms with E-state index < -0.39 is 4.92 Å². The largest absolute Gasteiger partial charge is 0.450 e. The average Bonchev–Trinajstić information content (AvgIpc) is 2.40. The molecule has 0 fully saturated rings. The molecular weight excluding hydrogens is 298 g/mol. The van der Waals surface area contributed by atoms with Gasteiger partial charge >= 0.3 is 5.69 Å². The molecule has 0 N–H and O–H groups in total. The number of halogens is 1. The van der Waals surface area contributed by atoms with Crippen molar-refractivity contribution in [1.29, 1.82) is 0 Å². The predicted molar refractivity (Wildman–Crippen MR) is 72.2 cm³/mol. The number of benzene rings is 2.